The van der Waals surface area contributed by atoms with E-state index in [9.17, 15) is 13.6 Å². The maximum atomic E-state index is 13.2. The molecule has 116 valence electrons. The van der Waals surface area contributed by atoms with Gasteiger partial charge in [0.25, 0.3) is 5.91 Å². The van der Waals surface area contributed by atoms with Gasteiger partial charge in [0.15, 0.2) is 11.6 Å². The fourth-order valence-corrected chi connectivity index (χ4v) is 1.96. The van der Waals surface area contributed by atoms with Crippen LogP contribution in [0.2, 0.25) is 0 Å². The predicted octanol–water partition coefficient (Wildman–Crippen LogP) is 3.42. The van der Waals surface area contributed by atoms with Crippen molar-refractivity contribution in [3.05, 3.63) is 65.2 Å². The van der Waals surface area contributed by atoms with Gasteiger partial charge in [0.1, 0.15) is 12.4 Å². The summed E-state index contributed by atoms with van der Waals surface area (Å²) >= 11 is 0. The molecule has 0 radical (unpaired) electrons. The van der Waals surface area contributed by atoms with Crippen LogP contribution in [0.25, 0.3) is 0 Å². The molecule has 0 N–H and O–H groups in total. The van der Waals surface area contributed by atoms with Gasteiger partial charge in [-0.3, -0.25) is 4.79 Å². The van der Waals surface area contributed by atoms with E-state index in [2.05, 4.69) is 0 Å². The Morgan fingerprint density at radius 3 is 2.55 bits per heavy atom. The van der Waals surface area contributed by atoms with Crippen LogP contribution >= 0.6 is 0 Å². The van der Waals surface area contributed by atoms with Crippen LogP contribution in [0.15, 0.2) is 42.5 Å². The summed E-state index contributed by atoms with van der Waals surface area (Å²) in [5.74, 6) is -1.62. The predicted molar refractivity (Wildman–Crippen MR) is 80.0 cm³/mol. The van der Waals surface area contributed by atoms with E-state index in [1.54, 1.807) is 7.05 Å². The van der Waals surface area contributed by atoms with Gasteiger partial charge in [-0.05, 0) is 36.8 Å². The number of ether oxygens (including phenoxy) is 1. The number of halogens is 2. The molecule has 0 aliphatic heterocycles. The summed E-state index contributed by atoms with van der Waals surface area (Å²) < 4.78 is 31.6. The van der Waals surface area contributed by atoms with E-state index in [1.807, 2.05) is 31.2 Å². The van der Waals surface area contributed by atoms with Crippen LogP contribution in [0.3, 0.4) is 0 Å². The molecule has 0 aromatic heterocycles. The zero-order chi connectivity index (χ0) is 16.1. The molecular weight excluding hydrogens is 288 g/mol. The molecule has 0 spiro atoms. The summed E-state index contributed by atoms with van der Waals surface area (Å²) in [5.41, 5.74) is 1.12. The molecule has 0 atom stereocenters. The lowest BCUT2D eigenvalue weighted by Crippen LogP contribution is -2.31. The maximum absolute atomic E-state index is 13.2. The number of hydrogen-bond donors (Lipinski definition) is 0. The van der Waals surface area contributed by atoms with Crippen LogP contribution in [0.1, 0.15) is 15.9 Å². The minimum Gasteiger partial charge on any atom is -0.491 e. The Labute approximate surface area is 128 Å². The van der Waals surface area contributed by atoms with Crippen LogP contribution in [0.5, 0.6) is 5.75 Å². The first kappa shape index (κ1) is 15.9. The molecule has 0 bridgehead atoms. The minimum atomic E-state index is -1.03. The highest BCUT2D eigenvalue weighted by molar-refractivity contribution is 5.94. The lowest BCUT2D eigenvalue weighted by Gasteiger charge is -2.18. The van der Waals surface area contributed by atoms with E-state index < -0.39 is 11.6 Å². The number of aryl methyl sites for hydroxylation is 1. The molecule has 2 rings (SSSR count). The molecule has 0 saturated heterocycles. The fourth-order valence-electron chi connectivity index (χ4n) is 1.96. The minimum absolute atomic E-state index is 0.109. The van der Waals surface area contributed by atoms with Crippen molar-refractivity contribution in [3.63, 3.8) is 0 Å². The Morgan fingerprint density at radius 1 is 1.14 bits per heavy atom. The molecule has 0 heterocycles. The van der Waals surface area contributed by atoms with Crippen molar-refractivity contribution < 1.29 is 18.3 Å². The zero-order valence-electron chi connectivity index (χ0n) is 12.5. The molecular formula is C17H17F2NO2. The Hall–Kier alpha value is -2.43. The number of rotatable bonds is 5. The van der Waals surface area contributed by atoms with Crippen molar-refractivity contribution in [2.75, 3.05) is 20.2 Å². The third-order valence-corrected chi connectivity index (χ3v) is 3.29. The quantitative estimate of drug-likeness (QED) is 0.847. The van der Waals surface area contributed by atoms with Gasteiger partial charge in [0.2, 0.25) is 0 Å². The first-order chi connectivity index (χ1) is 10.5. The third-order valence-electron chi connectivity index (χ3n) is 3.29. The van der Waals surface area contributed by atoms with Crippen molar-refractivity contribution in [2.24, 2.45) is 0 Å². The van der Waals surface area contributed by atoms with Gasteiger partial charge < -0.3 is 9.64 Å². The van der Waals surface area contributed by atoms with E-state index >= 15 is 0 Å². The first-order valence-electron chi connectivity index (χ1n) is 6.88. The van der Waals surface area contributed by atoms with Crippen LogP contribution in [-0.2, 0) is 0 Å². The smallest absolute Gasteiger partial charge is 0.253 e. The number of benzene rings is 2. The molecule has 22 heavy (non-hydrogen) atoms. The second-order valence-electron chi connectivity index (χ2n) is 4.97. The summed E-state index contributed by atoms with van der Waals surface area (Å²) in [4.78, 5) is 13.5. The number of carbonyl (C=O) groups excluding carboxylic acids is 1. The van der Waals surface area contributed by atoms with Crippen molar-refractivity contribution in [1.82, 2.24) is 4.90 Å². The highest BCUT2D eigenvalue weighted by atomic mass is 19.2. The van der Waals surface area contributed by atoms with Crippen molar-refractivity contribution in [2.45, 2.75) is 6.92 Å². The van der Waals surface area contributed by atoms with Crippen LogP contribution < -0.4 is 4.74 Å². The fraction of sp³-hybridized carbons (Fsp3) is 0.235. The second-order valence-corrected chi connectivity index (χ2v) is 4.97. The zero-order valence-corrected chi connectivity index (χ0v) is 12.5. The number of hydrogen-bond acceptors (Lipinski definition) is 2. The van der Waals surface area contributed by atoms with Crippen molar-refractivity contribution >= 4 is 5.91 Å². The number of carbonyl (C=O) groups is 1. The highest BCUT2D eigenvalue weighted by Crippen LogP contribution is 2.16. The summed E-state index contributed by atoms with van der Waals surface area (Å²) in [6, 6.07) is 10.7. The van der Waals surface area contributed by atoms with Crippen LogP contribution in [0.4, 0.5) is 8.78 Å². The van der Waals surface area contributed by atoms with Gasteiger partial charge in [-0.15, -0.1) is 0 Å². The summed E-state index contributed by atoms with van der Waals surface area (Å²) in [6.45, 7) is 2.59. The van der Waals surface area contributed by atoms with E-state index in [0.717, 1.165) is 23.4 Å². The Bertz CT molecular complexity index is 673. The van der Waals surface area contributed by atoms with Crippen molar-refractivity contribution in [1.29, 1.82) is 0 Å². The van der Waals surface area contributed by atoms with E-state index in [4.69, 9.17) is 4.74 Å². The number of para-hydroxylation sites is 1. The molecule has 0 fully saturated rings. The van der Waals surface area contributed by atoms with Gasteiger partial charge in [-0.25, -0.2) is 8.78 Å². The van der Waals surface area contributed by atoms with Crippen LogP contribution in [-0.4, -0.2) is 31.0 Å². The average molecular weight is 305 g/mol. The standard InChI is InChI=1S/C17H17F2NO2/c1-12-5-3-4-6-16(12)22-10-9-20(2)17(21)13-7-8-14(18)15(19)11-13/h3-8,11H,9-10H2,1-2H3. The molecule has 1 amide bonds. The van der Waals surface area contributed by atoms with Crippen molar-refractivity contribution in [3.8, 4) is 5.75 Å². The SMILES string of the molecule is Cc1ccccc1OCCN(C)C(=O)c1ccc(F)c(F)c1. The van der Waals surface area contributed by atoms with E-state index in [-0.39, 0.29) is 11.5 Å². The molecule has 3 nitrogen and oxygen atoms in total. The summed E-state index contributed by atoms with van der Waals surface area (Å²) in [5, 5.41) is 0. The molecule has 2 aromatic rings. The van der Waals surface area contributed by atoms with Gasteiger partial charge in [-0.2, -0.15) is 0 Å². The van der Waals surface area contributed by atoms with Gasteiger partial charge in [0.05, 0.1) is 6.54 Å². The maximum Gasteiger partial charge on any atom is 0.253 e. The van der Waals surface area contributed by atoms with Crippen LogP contribution in [0, 0.1) is 18.6 Å². The Morgan fingerprint density at radius 2 is 1.86 bits per heavy atom. The molecule has 2 aromatic carbocycles. The lowest BCUT2D eigenvalue weighted by atomic mass is 10.2. The summed E-state index contributed by atoms with van der Waals surface area (Å²) in [6.07, 6.45) is 0. The van der Waals surface area contributed by atoms with Gasteiger partial charge in [0, 0.05) is 12.6 Å². The molecule has 0 aliphatic rings. The van der Waals surface area contributed by atoms with Gasteiger partial charge in [-0.1, -0.05) is 18.2 Å². The monoisotopic (exact) mass is 305 g/mol. The Kier molecular flexibility index (Phi) is 5.09. The molecule has 0 unspecified atom stereocenters. The topological polar surface area (TPSA) is 29.5 Å². The summed E-state index contributed by atoms with van der Waals surface area (Å²) in [7, 11) is 1.59. The number of likely N-dealkylation sites (N-methyl/N-ethyl adjacent to an activating group) is 1. The van der Waals surface area contributed by atoms with Gasteiger partial charge >= 0.3 is 0 Å². The normalized spacial score (nSPS) is 10.4. The number of nitrogens with zero attached hydrogens (tertiary/aromatic N) is 1. The molecule has 0 aliphatic carbocycles. The van der Waals surface area contributed by atoms with E-state index in [1.165, 1.54) is 11.0 Å². The largest absolute Gasteiger partial charge is 0.491 e. The molecule has 5 heteroatoms. The van der Waals surface area contributed by atoms with E-state index in [0.29, 0.717) is 13.2 Å². The molecule has 0 saturated carbocycles. The lowest BCUT2D eigenvalue weighted by molar-refractivity contribution is 0.0773. The first-order valence-corrected chi connectivity index (χ1v) is 6.88. The number of amides is 1. The second kappa shape index (κ2) is 7.02. The highest BCUT2D eigenvalue weighted by Gasteiger charge is 2.14. The average Bonchev–Trinajstić information content (AvgIpc) is 2.51. The third kappa shape index (κ3) is 3.81. The Balaban J connectivity index is 1.91.